The van der Waals surface area contributed by atoms with Gasteiger partial charge in [-0.2, -0.15) is 5.10 Å². The molecule has 0 unspecified atom stereocenters. The van der Waals surface area contributed by atoms with Crippen LogP contribution in [0.2, 0.25) is 0 Å². The van der Waals surface area contributed by atoms with Crippen molar-refractivity contribution in [3.63, 3.8) is 0 Å². The van der Waals surface area contributed by atoms with E-state index in [1.807, 2.05) is 75.3 Å². The van der Waals surface area contributed by atoms with Crippen LogP contribution in [0.25, 0.3) is 16.9 Å². The monoisotopic (exact) mass is 392 g/mol. The number of aromatic nitrogens is 2. The number of hydrogen-bond acceptors (Lipinski definition) is 4. The SMILES string of the molecule is COc1cccc(-c2cc(C(=O)NCCN(C)C)n(-c3cc(C)ccc3C)n2)c1. The molecule has 1 amide bonds. The lowest BCUT2D eigenvalue weighted by atomic mass is 10.1. The van der Waals surface area contributed by atoms with E-state index in [1.165, 1.54) is 0 Å². The van der Waals surface area contributed by atoms with E-state index in [1.54, 1.807) is 11.8 Å². The Morgan fingerprint density at radius 3 is 2.66 bits per heavy atom. The zero-order valence-electron chi connectivity index (χ0n) is 17.7. The Hall–Kier alpha value is -3.12. The van der Waals surface area contributed by atoms with Crippen molar-refractivity contribution in [2.45, 2.75) is 13.8 Å². The van der Waals surface area contributed by atoms with E-state index in [2.05, 4.69) is 11.4 Å². The lowest BCUT2D eigenvalue weighted by Crippen LogP contribution is -2.32. The Labute approximate surface area is 172 Å². The summed E-state index contributed by atoms with van der Waals surface area (Å²) in [4.78, 5) is 15.0. The van der Waals surface area contributed by atoms with Gasteiger partial charge >= 0.3 is 0 Å². The molecule has 1 N–H and O–H groups in total. The van der Waals surface area contributed by atoms with Gasteiger partial charge in [-0.3, -0.25) is 4.79 Å². The van der Waals surface area contributed by atoms with Crippen molar-refractivity contribution in [2.24, 2.45) is 0 Å². The molecule has 2 aromatic carbocycles. The third-order valence-corrected chi connectivity index (χ3v) is 4.74. The Morgan fingerprint density at radius 2 is 1.93 bits per heavy atom. The molecule has 0 atom stereocenters. The van der Waals surface area contributed by atoms with E-state index in [-0.39, 0.29) is 5.91 Å². The quantitative estimate of drug-likeness (QED) is 0.669. The third kappa shape index (κ3) is 4.84. The molecule has 29 heavy (non-hydrogen) atoms. The molecule has 6 heteroatoms. The number of carbonyl (C=O) groups is 1. The largest absolute Gasteiger partial charge is 0.497 e. The van der Waals surface area contributed by atoms with Crippen LogP contribution in [-0.4, -0.2) is 54.9 Å². The molecule has 1 heterocycles. The van der Waals surface area contributed by atoms with Crippen molar-refractivity contribution < 1.29 is 9.53 Å². The summed E-state index contributed by atoms with van der Waals surface area (Å²) in [5, 5.41) is 7.78. The van der Waals surface area contributed by atoms with Crippen molar-refractivity contribution in [1.82, 2.24) is 20.0 Å². The summed E-state index contributed by atoms with van der Waals surface area (Å²) < 4.78 is 7.08. The summed E-state index contributed by atoms with van der Waals surface area (Å²) >= 11 is 0. The van der Waals surface area contributed by atoms with Gasteiger partial charge in [0.25, 0.3) is 5.91 Å². The topological polar surface area (TPSA) is 59.4 Å². The zero-order valence-corrected chi connectivity index (χ0v) is 17.7. The maximum absolute atomic E-state index is 13.0. The lowest BCUT2D eigenvalue weighted by molar-refractivity contribution is 0.0943. The molecule has 0 saturated carbocycles. The summed E-state index contributed by atoms with van der Waals surface area (Å²) in [5.41, 5.74) is 5.20. The molecule has 0 fully saturated rings. The normalized spacial score (nSPS) is 11.0. The molecular weight excluding hydrogens is 364 g/mol. The predicted molar refractivity (Wildman–Crippen MR) is 116 cm³/mol. The van der Waals surface area contributed by atoms with Crippen LogP contribution >= 0.6 is 0 Å². The molecule has 0 spiro atoms. The van der Waals surface area contributed by atoms with Crippen molar-refractivity contribution in [3.8, 4) is 22.7 Å². The minimum Gasteiger partial charge on any atom is -0.497 e. The molecule has 0 aliphatic rings. The smallest absolute Gasteiger partial charge is 0.270 e. The Kier molecular flexibility index (Phi) is 6.34. The molecule has 152 valence electrons. The molecule has 6 nitrogen and oxygen atoms in total. The van der Waals surface area contributed by atoms with E-state index < -0.39 is 0 Å². The molecule has 3 aromatic rings. The van der Waals surface area contributed by atoms with Gasteiger partial charge in [-0.05, 0) is 63.3 Å². The highest BCUT2D eigenvalue weighted by molar-refractivity contribution is 5.94. The van der Waals surface area contributed by atoms with Crippen LogP contribution in [0, 0.1) is 13.8 Å². The summed E-state index contributed by atoms with van der Waals surface area (Å²) in [6.07, 6.45) is 0. The highest BCUT2D eigenvalue weighted by atomic mass is 16.5. The number of nitrogens with zero attached hydrogens (tertiary/aromatic N) is 3. The summed E-state index contributed by atoms with van der Waals surface area (Å²) in [6.45, 7) is 5.39. The second-order valence-electron chi connectivity index (χ2n) is 7.41. The highest BCUT2D eigenvalue weighted by Gasteiger charge is 2.19. The minimum atomic E-state index is -0.144. The first-order chi connectivity index (χ1) is 13.9. The molecule has 0 aliphatic heterocycles. The maximum atomic E-state index is 13.0. The van der Waals surface area contributed by atoms with E-state index in [0.29, 0.717) is 12.2 Å². The number of nitrogens with one attached hydrogen (secondary N) is 1. The maximum Gasteiger partial charge on any atom is 0.270 e. The Morgan fingerprint density at radius 1 is 1.14 bits per heavy atom. The first-order valence-electron chi connectivity index (χ1n) is 9.64. The fourth-order valence-electron chi connectivity index (χ4n) is 3.08. The van der Waals surface area contributed by atoms with Gasteiger partial charge < -0.3 is 15.0 Å². The van der Waals surface area contributed by atoms with Crippen LogP contribution in [0.15, 0.2) is 48.5 Å². The molecule has 1 aromatic heterocycles. The minimum absolute atomic E-state index is 0.144. The van der Waals surface area contributed by atoms with Gasteiger partial charge in [0, 0.05) is 18.7 Å². The molecule has 0 bridgehead atoms. The van der Waals surface area contributed by atoms with Gasteiger partial charge in [0.2, 0.25) is 0 Å². The van der Waals surface area contributed by atoms with Crippen LogP contribution in [0.4, 0.5) is 0 Å². The average Bonchev–Trinajstić information content (AvgIpc) is 3.15. The van der Waals surface area contributed by atoms with Crippen LogP contribution in [0.1, 0.15) is 21.6 Å². The molecule has 0 saturated heterocycles. The molecule has 0 aliphatic carbocycles. The van der Waals surface area contributed by atoms with Crippen LogP contribution in [0.5, 0.6) is 5.75 Å². The number of methoxy groups -OCH3 is 1. The molecular formula is C23H28N4O2. The van der Waals surface area contributed by atoms with Gasteiger partial charge in [-0.15, -0.1) is 0 Å². The van der Waals surface area contributed by atoms with Crippen molar-refractivity contribution >= 4 is 5.91 Å². The average molecular weight is 393 g/mol. The number of carbonyl (C=O) groups excluding carboxylic acids is 1. The predicted octanol–water partition coefficient (Wildman–Crippen LogP) is 3.46. The number of aryl methyl sites for hydroxylation is 2. The number of amides is 1. The number of hydrogen-bond donors (Lipinski definition) is 1. The summed E-state index contributed by atoms with van der Waals surface area (Å²) in [5.74, 6) is 0.607. The Balaban J connectivity index is 2.05. The molecule has 0 radical (unpaired) electrons. The van der Waals surface area contributed by atoms with Crippen LogP contribution in [0.3, 0.4) is 0 Å². The van der Waals surface area contributed by atoms with E-state index in [4.69, 9.17) is 9.84 Å². The fourth-order valence-corrected chi connectivity index (χ4v) is 3.08. The van der Waals surface area contributed by atoms with Gasteiger partial charge in [0.15, 0.2) is 0 Å². The third-order valence-electron chi connectivity index (χ3n) is 4.74. The standard InChI is InChI=1S/C23H28N4O2/c1-16-9-10-17(2)21(13-16)27-22(23(28)24-11-12-26(3)4)15-20(25-27)18-7-6-8-19(14-18)29-5/h6-10,13-15H,11-12H2,1-5H3,(H,24,28). The van der Waals surface area contributed by atoms with Crippen molar-refractivity contribution in [3.05, 3.63) is 65.4 Å². The van der Waals surface area contributed by atoms with E-state index >= 15 is 0 Å². The van der Waals surface area contributed by atoms with Gasteiger partial charge in [0.05, 0.1) is 18.5 Å². The van der Waals surface area contributed by atoms with E-state index in [9.17, 15) is 4.79 Å². The van der Waals surface area contributed by atoms with Gasteiger partial charge in [-0.1, -0.05) is 24.3 Å². The van der Waals surface area contributed by atoms with Crippen LogP contribution < -0.4 is 10.1 Å². The zero-order chi connectivity index (χ0) is 21.0. The Bertz CT molecular complexity index is 1010. The lowest BCUT2D eigenvalue weighted by Gasteiger charge is -2.13. The fraction of sp³-hybridized carbons (Fsp3) is 0.304. The highest BCUT2D eigenvalue weighted by Crippen LogP contribution is 2.26. The van der Waals surface area contributed by atoms with Crippen LogP contribution in [-0.2, 0) is 0 Å². The van der Waals surface area contributed by atoms with Gasteiger partial charge in [0.1, 0.15) is 11.4 Å². The number of likely N-dealkylation sites (N-methyl/N-ethyl adjacent to an activating group) is 1. The first kappa shape index (κ1) is 20.6. The number of ether oxygens (including phenoxy) is 1. The van der Waals surface area contributed by atoms with Gasteiger partial charge in [-0.25, -0.2) is 4.68 Å². The second-order valence-corrected chi connectivity index (χ2v) is 7.41. The number of benzene rings is 2. The molecule has 3 rings (SSSR count). The van der Waals surface area contributed by atoms with Crippen molar-refractivity contribution in [2.75, 3.05) is 34.3 Å². The second kappa shape index (κ2) is 8.92. The van der Waals surface area contributed by atoms with E-state index in [0.717, 1.165) is 40.4 Å². The summed E-state index contributed by atoms with van der Waals surface area (Å²) in [6, 6.07) is 15.7. The van der Waals surface area contributed by atoms with Crippen molar-refractivity contribution in [1.29, 1.82) is 0 Å². The first-order valence-corrected chi connectivity index (χ1v) is 9.64. The number of rotatable bonds is 7. The summed E-state index contributed by atoms with van der Waals surface area (Å²) in [7, 11) is 5.60.